The zero-order chi connectivity index (χ0) is 12.1. The summed E-state index contributed by atoms with van der Waals surface area (Å²) >= 11 is 0. The van der Waals surface area contributed by atoms with Gasteiger partial charge in [-0.25, -0.2) is 13.6 Å². The molecule has 0 unspecified atom stereocenters. The Bertz CT molecular complexity index is 202. The van der Waals surface area contributed by atoms with Crippen molar-refractivity contribution in [3.8, 4) is 0 Å². The Balaban J connectivity index is 4.28. The van der Waals surface area contributed by atoms with Crippen molar-refractivity contribution in [2.75, 3.05) is 13.1 Å². The van der Waals surface area contributed by atoms with E-state index in [4.69, 9.17) is 4.74 Å². The summed E-state index contributed by atoms with van der Waals surface area (Å²) in [4.78, 5) is 12.5. The summed E-state index contributed by atoms with van der Waals surface area (Å²) in [6.07, 6.45) is -2.57. The molecule has 0 aliphatic rings. The Labute approximate surface area is 89.4 Å². The number of nitrogens with zero attached hydrogens (tertiary/aromatic N) is 1. The maximum atomic E-state index is 12.2. The number of carbonyl (C=O) groups excluding carboxylic acids is 1. The Morgan fingerprint density at radius 2 is 1.93 bits per heavy atom. The standard InChI is InChI=1S/C10H19F2NO2/c1-5-6-13(7-8(11)12)9(14)15-10(2,3)4/h8H,5-7H2,1-4H3. The van der Waals surface area contributed by atoms with Crippen LogP contribution in [0.2, 0.25) is 0 Å². The van der Waals surface area contributed by atoms with Crippen molar-refractivity contribution in [1.29, 1.82) is 0 Å². The van der Waals surface area contributed by atoms with Gasteiger partial charge in [-0.3, -0.25) is 0 Å². The Morgan fingerprint density at radius 3 is 2.27 bits per heavy atom. The number of amides is 1. The molecule has 0 aliphatic carbocycles. The van der Waals surface area contributed by atoms with E-state index in [-0.39, 0.29) is 0 Å². The number of rotatable bonds is 4. The molecule has 0 rings (SSSR count). The minimum atomic E-state index is -2.52. The molecule has 15 heavy (non-hydrogen) atoms. The SMILES string of the molecule is CCCN(CC(F)F)C(=O)OC(C)(C)C. The van der Waals surface area contributed by atoms with Gasteiger partial charge in [0.15, 0.2) is 0 Å². The molecule has 1 amide bonds. The predicted molar refractivity (Wildman–Crippen MR) is 54.1 cm³/mol. The van der Waals surface area contributed by atoms with Gasteiger partial charge >= 0.3 is 6.09 Å². The van der Waals surface area contributed by atoms with Gasteiger partial charge in [0.25, 0.3) is 6.43 Å². The lowest BCUT2D eigenvalue weighted by Gasteiger charge is -2.26. The van der Waals surface area contributed by atoms with Crippen molar-refractivity contribution >= 4 is 6.09 Å². The number of halogens is 2. The van der Waals surface area contributed by atoms with Crippen molar-refractivity contribution in [1.82, 2.24) is 4.90 Å². The first-order chi connectivity index (χ1) is 6.76. The van der Waals surface area contributed by atoms with E-state index in [9.17, 15) is 13.6 Å². The molecular weight excluding hydrogens is 204 g/mol. The molecule has 0 bridgehead atoms. The van der Waals surface area contributed by atoms with Crippen molar-refractivity contribution in [3.05, 3.63) is 0 Å². The highest BCUT2D eigenvalue weighted by molar-refractivity contribution is 5.68. The lowest BCUT2D eigenvalue weighted by atomic mass is 10.2. The topological polar surface area (TPSA) is 29.5 Å². The summed E-state index contributed by atoms with van der Waals surface area (Å²) in [5, 5.41) is 0. The maximum absolute atomic E-state index is 12.2. The molecule has 0 fully saturated rings. The molecule has 0 aliphatic heterocycles. The van der Waals surface area contributed by atoms with E-state index in [0.29, 0.717) is 13.0 Å². The Morgan fingerprint density at radius 1 is 1.40 bits per heavy atom. The minimum Gasteiger partial charge on any atom is -0.444 e. The highest BCUT2D eigenvalue weighted by atomic mass is 19.3. The smallest absolute Gasteiger partial charge is 0.410 e. The summed E-state index contributed by atoms with van der Waals surface area (Å²) in [6.45, 7) is 6.66. The van der Waals surface area contributed by atoms with Gasteiger partial charge in [0, 0.05) is 6.54 Å². The van der Waals surface area contributed by atoms with Crippen LogP contribution >= 0.6 is 0 Å². The average molecular weight is 223 g/mol. The van der Waals surface area contributed by atoms with E-state index in [1.54, 1.807) is 20.8 Å². The molecule has 90 valence electrons. The molecule has 0 heterocycles. The molecule has 0 radical (unpaired) electrons. The lowest BCUT2D eigenvalue weighted by Crippen LogP contribution is -2.39. The van der Waals surface area contributed by atoms with Gasteiger partial charge < -0.3 is 9.64 Å². The quantitative estimate of drug-likeness (QED) is 0.733. The van der Waals surface area contributed by atoms with Crippen LogP contribution in [0.1, 0.15) is 34.1 Å². The van der Waals surface area contributed by atoms with Crippen molar-refractivity contribution in [3.63, 3.8) is 0 Å². The molecule has 0 N–H and O–H groups in total. The molecule has 0 aromatic rings. The van der Waals surface area contributed by atoms with Crippen molar-refractivity contribution in [2.45, 2.75) is 46.1 Å². The van der Waals surface area contributed by atoms with Crippen LogP contribution in [-0.4, -0.2) is 36.1 Å². The van der Waals surface area contributed by atoms with E-state index in [1.807, 2.05) is 6.92 Å². The molecule has 5 heteroatoms. The predicted octanol–water partition coefficient (Wildman–Crippen LogP) is 2.90. The highest BCUT2D eigenvalue weighted by Crippen LogP contribution is 2.11. The monoisotopic (exact) mass is 223 g/mol. The number of carbonyl (C=O) groups is 1. The molecule has 0 aromatic carbocycles. The number of alkyl halides is 2. The summed E-state index contributed by atoms with van der Waals surface area (Å²) in [7, 11) is 0. The zero-order valence-electron chi connectivity index (χ0n) is 9.72. The van der Waals surface area contributed by atoms with Crippen LogP contribution in [-0.2, 0) is 4.74 Å². The van der Waals surface area contributed by atoms with E-state index in [1.165, 1.54) is 0 Å². The number of hydrogen-bond acceptors (Lipinski definition) is 2. The van der Waals surface area contributed by atoms with E-state index < -0.39 is 24.7 Å². The third-order valence-corrected chi connectivity index (χ3v) is 1.50. The van der Waals surface area contributed by atoms with Gasteiger partial charge in [0.2, 0.25) is 0 Å². The average Bonchev–Trinajstić information content (AvgIpc) is 1.99. The van der Waals surface area contributed by atoms with Crippen LogP contribution in [0.5, 0.6) is 0 Å². The maximum Gasteiger partial charge on any atom is 0.410 e. The van der Waals surface area contributed by atoms with Crippen LogP contribution in [0.3, 0.4) is 0 Å². The van der Waals surface area contributed by atoms with Crippen molar-refractivity contribution in [2.24, 2.45) is 0 Å². The summed E-state index contributed by atoms with van der Waals surface area (Å²) in [5.41, 5.74) is -0.648. The second-order valence-electron chi connectivity index (χ2n) is 4.32. The van der Waals surface area contributed by atoms with Crippen molar-refractivity contribution < 1.29 is 18.3 Å². The number of ether oxygens (including phenoxy) is 1. The normalized spacial score (nSPS) is 11.7. The minimum absolute atomic E-state index is 0.291. The van der Waals surface area contributed by atoms with Gasteiger partial charge in [-0.15, -0.1) is 0 Å². The van der Waals surface area contributed by atoms with Crippen LogP contribution < -0.4 is 0 Å². The Hall–Kier alpha value is -0.870. The fourth-order valence-electron chi connectivity index (χ4n) is 1.02. The van der Waals surface area contributed by atoms with Crippen LogP contribution in [0.25, 0.3) is 0 Å². The fraction of sp³-hybridized carbons (Fsp3) is 0.900. The molecular formula is C10H19F2NO2. The van der Waals surface area contributed by atoms with Gasteiger partial charge in [0.1, 0.15) is 5.60 Å². The van der Waals surface area contributed by atoms with Crippen LogP contribution in [0.4, 0.5) is 13.6 Å². The lowest BCUT2D eigenvalue weighted by molar-refractivity contribution is 0.0103. The van der Waals surface area contributed by atoms with Gasteiger partial charge in [-0.2, -0.15) is 0 Å². The van der Waals surface area contributed by atoms with Gasteiger partial charge in [0.05, 0.1) is 6.54 Å². The second kappa shape index (κ2) is 5.88. The van der Waals surface area contributed by atoms with Crippen LogP contribution in [0, 0.1) is 0 Å². The summed E-state index contributed by atoms with van der Waals surface area (Å²) < 4.78 is 29.3. The van der Waals surface area contributed by atoms with Crippen LogP contribution in [0.15, 0.2) is 0 Å². The third kappa shape index (κ3) is 7.11. The highest BCUT2D eigenvalue weighted by Gasteiger charge is 2.23. The molecule has 0 saturated heterocycles. The molecule has 0 atom stereocenters. The molecule has 0 spiro atoms. The third-order valence-electron chi connectivity index (χ3n) is 1.50. The van der Waals surface area contributed by atoms with E-state index >= 15 is 0 Å². The molecule has 0 aromatic heterocycles. The first kappa shape index (κ1) is 14.1. The van der Waals surface area contributed by atoms with Gasteiger partial charge in [-0.05, 0) is 27.2 Å². The number of hydrogen-bond donors (Lipinski definition) is 0. The zero-order valence-corrected chi connectivity index (χ0v) is 9.72. The summed E-state index contributed by atoms with van der Waals surface area (Å²) in [6, 6.07) is 0. The van der Waals surface area contributed by atoms with Gasteiger partial charge in [-0.1, -0.05) is 6.92 Å². The first-order valence-electron chi connectivity index (χ1n) is 5.02. The summed E-state index contributed by atoms with van der Waals surface area (Å²) in [5.74, 6) is 0. The van der Waals surface area contributed by atoms with E-state index in [2.05, 4.69) is 0 Å². The second-order valence-corrected chi connectivity index (χ2v) is 4.32. The largest absolute Gasteiger partial charge is 0.444 e. The molecule has 3 nitrogen and oxygen atoms in total. The Kier molecular flexibility index (Phi) is 5.54. The first-order valence-corrected chi connectivity index (χ1v) is 5.02. The fourth-order valence-corrected chi connectivity index (χ4v) is 1.02. The molecule has 0 saturated carbocycles. The van der Waals surface area contributed by atoms with E-state index in [0.717, 1.165) is 4.90 Å².